The summed E-state index contributed by atoms with van der Waals surface area (Å²) >= 11 is 3.40. The van der Waals surface area contributed by atoms with Crippen molar-refractivity contribution in [2.75, 3.05) is 81.0 Å². The van der Waals surface area contributed by atoms with E-state index in [-0.39, 0.29) is 6.61 Å². The van der Waals surface area contributed by atoms with Crippen LogP contribution in [0.4, 0.5) is 21.9 Å². The van der Waals surface area contributed by atoms with Gasteiger partial charge in [-0.3, -0.25) is 10.2 Å². The molecular formula is C23H32N10O2S2. The molecule has 0 amide bonds. The van der Waals surface area contributed by atoms with Gasteiger partial charge in [-0.15, -0.1) is 22.7 Å². The van der Waals surface area contributed by atoms with Crippen molar-refractivity contribution >= 4 is 44.6 Å². The highest BCUT2D eigenvalue weighted by Crippen LogP contribution is 2.39. The van der Waals surface area contributed by atoms with Gasteiger partial charge in [-0.2, -0.15) is 10.2 Å². The summed E-state index contributed by atoms with van der Waals surface area (Å²) in [7, 11) is 5.51. The van der Waals surface area contributed by atoms with Gasteiger partial charge in [0.05, 0.1) is 48.1 Å². The first-order valence-electron chi connectivity index (χ1n) is 12.2. The molecule has 198 valence electrons. The number of methoxy groups -OCH3 is 1. The molecule has 4 aromatic heterocycles. The fraction of sp³-hybridized carbons (Fsp3) is 0.478. The van der Waals surface area contributed by atoms with Crippen LogP contribution in [-0.4, -0.2) is 96.1 Å². The van der Waals surface area contributed by atoms with E-state index in [0.29, 0.717) is 13.2 Å². The predicted octanol–water partition coefficient (Wildman–Crippen LogP) is 2.51. The second kappa shape index (κ2) is 11.5. The molecule has 0 unspecified atom stereocenters. The van der Waals surface area contributed by atoms with E-state index in [2.05, 4.69) is 50.8 Å². The van der Waals surface area contributed by atoms with Crippen LogP contribution in [0.2, 0.25) is 0 Å². The second-order valence-corrected chi connectivity index (χ2v) is 10.7. The molecule has 0 aromatic carbocycles. The van der Waals surface area contributed by atoms with E-state index in [9.17, 15) is 0 Å². The number of thiazole rings is 2. The van der Waals surface area contributed by atoms with E-state index >= 15 is 0 Å². The maximum Gasteiger partial charge on any atom is 0.183 e. The van der Waals surface area contributed by atoms with E-state index in [1.807, 2.05) is 26.5 Å². The molecule has 6 rings (SSSR count). The Hall–Kier alpha value is -3.20. The third-order valence-corrected chi connectivity index (χ3v) is 8.62. The first kappa shape index (κ1) is 25.4. The molecule has 0 saturated carbocycles. The molecule has 0 aliphatic carbocycles. The molecule has 0 bridgehead atoms. The minimum Gasteiger partial charge on any atom is -0.395 e. The molecule has 0 fully saturated rings. The van der Waals surface area contributed by atoms with Gasteiger partial charge in [0.15, 0.2) is 10.3 Å². The molecule has 2 aliphatic rings. The van der Waals surface area contributed by atoms with Gasteiger partial charge in [0.25, 0.3) is 0 Å². The summed E-state index contributed by atoms with van der Waals surface area (Å²) in [5.41, 5.74) is 4.17. The van der Waals surface area contributed by atoms with Crippen molar-refractivity contribution in [3.63, 3.8) is 0 Å². The summed E-state index contributed by atoms with van der Waals surface area (Å²) in [5, 5.41) is 31.6. The van der Waals surface area contributed by atoms with Crippen LogP contribution >= 0.6 is 22.7 Å². The summed E-state index contributed by atoms with van der Waals surface area (Å²) in [5.74, 6) is 2.00. The SMILES string of the molecule is CNc1nc2c(s1)CCN(CCO)c1[nH]ncc1-2.CNc1nc2c(s1)CCN(CCOC)c1[nH]ncc1-2. The molecule has 5 N–H and O–H groups in total. The van der Waals surface area contributed by atoms with Gasteiger partial charge in [0.1, 0.15) is 11.6 Å². The summed E-state index contributed by atoms with van der Waals surface area (Å²) < 4.78 is 5.17. The number of aromatic nitrogens is 6. The van der Waals surface area contributed by atoms with Crippen LogP contribution in [0.1, 0.15) is 9.75 Å². The van der Waals surface area contributed by atoms with E-state index in [1.54, 1.807) is 29.8 Å². The van der Waals surface area contributed by atoms with E-state index in [1.165, 1.54) is 9.75 Å². The lowest BCUT2D eigenvalue weighted by molar-refractivity contribution is 0.205. The average molecular weight is 545 g/mol. The molecule has 0 spiro atoms. The Morgan fingerprint density at radius 2 is 1.41 bits per heavy atom. The molecule has 0 radical (unpaired) electrons. The second-order valence-electron chi connectivity index (χ2n) is 8.54. The summed E-state index contributed by atoms with van der Waals surface area (Å²) in [6.45, 7) is 4.15. The summed E-state index contributed by atoms with van der Waals surface area (Å²) in [4.78, 5) is 16.2. The minimum atomic E-state index is 0.140. The Labute approximate surface area is 223 Å². The quantitative estimate of drug-likeness (QED) is 0.235. The molecule has 12 nitrogen and oxygen atoms in total. The molecule has 4 aromatic rings. The number of rotatable bonds is 7. The third-order valence-electron chi connectivity index (χ3n) is 6.36. The highest BCUT2D eigenvalue weighted by Gasteiger charge is 2.26. The lowest BCUT2D eigenvalue weighted by Crippen LogP contribution is -2.29. The lowest BCUT2D eigenvalue weighted by Gasteiger charge is -2.21. The van der Waals surface area contributed by atoms with Crippen molar-refractivity contribution in [2.45, 2.75) is 12.8 Å². The highest BCUT2D eigenvalue weighted by atomic mass is 32.1. The molecule has 6 heterocycles. The van der Waals surface area contributed by atoms with Crippen LogP contribution in [0.3, 0.4) is 0 Å². The number of hydrogen-bond acceptors (Lipinski definition) is 12. The van der Waals surface area contributed by atoms with Crippen molar-refractivity contribution in [2.24, 2.45) is 0 Å². The largest absolute Gasteiger partial charge is 0.395 e. The van der Waals surface area contributed by atoms with Crippen LogP contribution in [-0.2, 0) is 17.6 Å². The van der Waals surface area contributed by atoms with Crippen molar-refractivity contribution in [1.29, 1.82) is 0 Å². The van der Waals surface area contributed by atoms with E-state index in [0.717, 1.165) is 76.9 Å². The number of anilines is 4. The molecular weight excluding hydrogens is 512 g/mol. The Balaban J connectivity index is 0.000000152. The summed E-state index contributed by atoms with van der Waals surface area (Å²) in [6, 6.07) is 0. The van der Waals surface area contributed by atoms with Crippen LogP contribution in [0.15, 0.2) is 12.4 Å². The Kier molecular flexibility index (Phi) is 7.88. The zero-order chi connectivity index (χ0) is 25.8. The van der Waals surface area contributed by atoms with Gasteiger partial charge in [-0.1, -0.05) is 0 Å². The standard InChI is InChI=1S/C12H17N5OS.C11H15N5OS/c1-13-12-15-10-8-7-14-16-11(8)17(5-6-18-2)4-3-9(10)19-12;1-12-11-14-9-7-6-13-15-10(7)16(4-5-17)3-2-8(9)18-11/h7H,3-6H2,1-2H3,(H,13,15)(H,14,16);6,17H,2-5H2,1H3,(H,12,14)(H,13,15). The number of aromatic amines is 2. The van der Waals surface area contributed by atoms with Gasteiger partial charge in [-0.25, -0.2) is 9.97 Å². The van der Waals surface area contributed by atoms with Gasteiger partial charge in [-0.05, 0) is 0 Å². The predicted molar refractivity (Wildman–Crippen MR) is 149 cm³/mol. The highest BCUT2D eigenvalue weighted by molar-refractivity contribution is 7.16. The van der Waals surface area contributed by atoms with Gasteiger partial charge >= 0.3 is 0 Å². The minimum absolute atomic E-state index is 0.140. The maximum atomic E-state index is 9.12. The van der Waals surface area contributed by atoms with Gasteiger partial charge in [0.2, 0.25) is 0 Å². The van der Waals surface area contributed by atoms with Crippen molar-refractivity contribution in [3.05, 3.63) is 22.1 Å². The topological polar surface area (TPSA) is 143 Å². The number of β-amino-alcohol motifs (C(OH)–C–C–N with tert-alkyl or cyclic N) is 1. The first-order valence-corrected chi connectivity index (χ1v) is 13.8. The number of nitrogens with one attached hydrogen (secondary N) is 4. The number of fused-ring (bicyclic) bond motifs is 6. The van der Waals surface area contributed by atoms with Crippen LogP contribution in [0.25, 0.3) is 22.5 Å². The molecule has 0 saturated heterocycles. The molecule has 0 atom stereocenters. The number of ether oxygens (including phenoxy) is 1. The number of nitrogens with zero attached hydrogens (tertiary/aromatic N) is 6. The van der Waals surface area contributed by atoms with Crippen LogP contribution < -0.4 is 20.4 Å². The smallest absolute Gasteiger partial charge is 0.183 e. The van der Waals surface area contributed by atoms with E-state index in [4.69, 9.17) is 9.84 Å². The zero-order valence-electron chi connectivity index (χ0n) is 21.2. The first-order chi connectivity index (χ1) is 18.2. The molecule has 37 heavy (non-hydrogen) atoms. The lowest BCUT2D eigenvalue weighted by atomic mass is 10.2. The number of H-pyrrole nitrogens is 2. The Morgan fingerprint density at radius 3 is 1.86 bits per heavy atom. The Morgan fingerprint density at radius 1 is 0.892 bits per heavy atom. The molecule has 14 heteroatoms. The monoisotopic (exact) mass is 544 g/mol. The van der Waals surface area contributed by atoms with Gasteiger partial charge < -0.3 is 30.3 Å². The van der Waals surface area contributed by atoms with Crippen molar-refractivity contribution < 1.29 is 9.84 Å². The van der Waals surface area contributed by atoms with Crippen molar-refractivity contribution in [1.82, 2.24) is 30.4 Å². The number of aliphatic hydroxyl groups excluding tert-OH is 1. The maximum absolute atomic E-state index is 9.12. The zero-order valence-corrected chi connectivity index (χ0v) is 22.8. The van der Waals surface area contributed by atoms with Gasteiger partial charge in [0, 0.05) is 70.0 Å². The normalized spacial score (nSPS) is 13.9. The third kappa shape index (κ3) is 5.14. The fourth-order valence-electron chi connectivity index (χ4n) is 4.53. The number of hydrogen-bond donors (Lipinski definition) is 5. The number of aliphatic hydroxyl groups is 1. The van der Waals surface area contributed by atoms with Crippen molar-refractivity contribution in [3.8, 4) is 22.5 Å². The fourth-order valence-corrected chi connectivity index (χ4v) is 6.37. The molecule has 2 aliphatic heterocycles. The average Bonchev–Trinajstić information content (AvgIpc) is 3.71. The van der Waals surface area contributed by atoms with E-state index < -0.39 is 0 Å². The Bertz CT molecular complexity index is 1310. The summed E-state index contributed by atoms with van der Waals surface area (Å²) in [6.07, 6.45) is 5.61. The van der Waals surface area contributed by atoms with Crippen LogP contribution in [0, 0.1) is 0 Å². The van der Waals surface area contributed by atoms with Crippen LogP contribution in [0.5, 0.6) is 0 Å².